The van der Waals surface area contributed by atoms with Crippen molar-refractivity contribution in [1.29, 1.82) is 0 Å². The summed E-state index contributed by atoms with van der Waals surface area (Å²) in [6, 6.07) is 15.2. The molecule has 1 aliphatic heterocycles. The lowest BCUT2D eigenvalue weighted by atomic mass is 10.1. The maximum Gasteiger partial charge on any atom is 0.257 e. The van der Waals surface area contributed by atoms with Gasteiger partial charge in [-0.2, -0.15) is 5.10 Å². The standard InChI is InChI=1S/C23H21ClN6O/c24-17-7-5-16(6-8-17)20-14-27-30-15-18(13-26-22(20)30)28-23(31)19-3-1-2-4-21(19)29-11-9-25-10-12-29/h1-8,13-15,25H,9-12H2,(H,28,31). The third-order valence-corrected chi connectivity index (χ3v) is 5.63. The molecule has 3 heterocycles. The largest absolute Gasteiger partial charge is 0.368 e. The molecule has 0 spiro atoms. The Morgan fingerprint density at radius 2 is 1.81 bits per heavy atom. The number of nitrogens with zero attached hydrogens (tertiary/aromatic N) is 4. The Morgan fingerprint density at radius 3 is 2.61 bits per heavy atom. The number of halogens is 1. The van der Waals surface area contributed by atoms with Crippen molar-refractivity contribution in [3.8, 4) is 11.1 Å². The number of hydrogen-bond donors (Lipinski definition) is 2. The maximum absolute atomic E-state index is 13.0. The van der Waals surface area contributed by atoms with Gasteiger partial charge in [-0.05, 0) is 29.8 Å². The van der Waals surface area contributed by atoms with E-state index in [1.165, 1.54) is 0 Å². The molecular weight excluding hydrogens is 412 g/mol. The zero-order valence-corrected chi connectivity index (χ0v) is 17.5. The first-order valence-electron chi connectivity index (χ1n) is 10.1. The first-order valence-corrected chi connectivity index (χ1v) is 10.5. The Morgan fingerprint density at radius 1 is 1.03 bits per heavy atom. The van der Waals surface area contributed by atoms with Gasteiger partial charge in [0.05, 0.1) is 29.8 Å². The fraction of sp³-hybridized carbons (Fsp3) is 0.174. The van der Waals surface area contributed by atoms with Crippen LogP contribution in [0.4, 0.5) is 11.4 Å². The molecule has 0 radical (unpaired) electrons. The molecule has 2 N–H and O–H groups in total. The number of benzene rings is 2. The number of piperazine rings is 1. The fourth-order valence-corrected chi connectivity index (χ4v) is 3.94. The molecule has 156 valence electrons. The molecule has 0 aliphatic carbocycles. The Bertz CT molecular complexity index is 1230. The number of nitrogens with one attached hydrogen (secondary N) is 2. The quantitative estimate of drug-likeness (QED) is 0.514. The molecule has 1 saturated heterocycles. The summed E-state index contributed by atoms with van der Waals surface area (Å²) < 4.78 is 1.67. The summed E-state index contributed by atoms with van der Waals surface area (Å²) in [5.74, 6) is -0.166. The van der Waals surface area contributed by atoms with Crippen LogP contribution in [0.15, 0.2) is 67.1 Å². The van der Waals surface area contributed by atoms with Crippen molar-refractivity contribution in [3.05, 3.63) is 77.7 Å². The van der Waals surface area contributed by atoms with Gasteiger partial charge in [0.2, 0.25) is 0 Å². The molecule has 0 saturated carbocycles. The second kappa shape index (κ2) is 8.37. The van der Waals surface area contributed by atoms with Crippen molar-refractivity contribution in [3.63, 3.8) is 0 Å². The Hall–Kier alpha value is -3.42. The first-order chi connectivity index (χ1) is 15.2. The van der Waals surface area contributed by atoms with Gasteiger partial charge in [-0.1, -0.05) is 35.9 Å². The minimum atomic E-state index is -0.166. The molecule has 2 aromatic carbocycles. The third kappa shape index (κ3) is 3.97. The molecule has 5 rings (SSSR count). The van der Waals surface area contributed by atoms with E-state index in [1.807, 2.05) is 48.5 Å². The molecule has 8 heteroatoms. The number of aromatic nitrogens is 3. The van der Waals surface area contributed by atoms with Crippen molar-refractivity contribution >= 4 is 34.5 Å². The van der Waals surface area contributed by atoms with Crippen molar-refractivity contribution in [2.24, 2.45) is 0 Å². The normalized spacial score (nSPS) is 14.0. The zero-order valence-electron chi connectivity index (χ0n) is 16.8. The summed E-state index contributed by atoms with van der Waals surface area (Å²) in [7, 11) is 0. The lowest BCUT2D eigenvalue weighted by Gasteiger charge is -2.30. The van der Waals surface area contributed by atoms with Crippen LogP contribution >= 0.6 is 11.6 Å². The summed E-state index contributed by atoms with van der Waals surface area (Å²) in [5.41, 5.74) is 4.76. The second-order valence-electron chi connectivity index (χ2n) is 7.38. The van der Waals surface area contributed by atoms with Gasteiger partial charge in [0, 0.05) is 42.5 Å². The molecule has 1 aliphatic rings. The number of fused-ring (bicyclic) bond motifs is 1. The molecule has 1 fully saturated rings. The Balaban J connectivity index is 1.40. The van der Waals surface area contributed by atoms with Crippen LogP contribution in [0.2, 0.25) is 5.02 Å². The van der Waals surface area contributed by atoms with Gasteiger partial charge in [-0.25, -0.2) is 9.50 Å². The third-order valence-electron chi connectivity index (χ3n) is 5.38. The average molecular weight is 433 g/mol. The van der Waals surface area contributed by atoms with Crippen molar-refractivity contribution in [1.82, 2.24) is 19.9 Å². The van der Waals surface area contributed by atoms with Crippen molar-refractivity contribution in [2.75, 3.05) is 36.4 Å². The van der Waals surface area contributed by atoms with Gasteiger partial charge in [0.25, 0.3) is 5.91 Å². The molecule has 0 atom stereocenters. The van der Waals surface area contributed by atoms with Crippen molar-refractivity contribution < 1.29 is 4.79 Å². The summed E-state index contributed by atoms with van der Waals surface area (Å²) in [6.07, 6.45) is 5.19. The topological polar surface area (TPSA) is 74.6 Å². The molecule has 2 aromatic heterocycles. The highest BCUT2D eigenvalue weighted by atomic mass is 35.5. The summed E-state index contributed by atoms with van der Waals surface area (Å²) in [6.45, 7) is 3.56. The second-order valence-corrected chi connectivity index (χ2v) is 7.82. The Labute approximate surface area is 184 Å². The van der Waals surface area contributed by atoms with Crippen LogP contribution in [-0.4, -0.2) is 46.7 Å². The maximum atomic E-state index is 13.0. The van der Waals surface area contributed by atoms with Crippen LogP contribution in [0, 0.1) is 0 Å². The number of amides is 1. The number of para-hydroxylation sites is 1. The minimum Gasteiger partial charge on any atom is -0.368 e. The van der Waals surface area contributed by atoms with Gasteiger partial charge < -0.3 is 15.5 Å². The van der Waals surface area contributed by atoms with E-state index in [0.29, 0.717) is 21.9 Å². The predicted octanol–water partition coefficient (Wildman–Crippen LogP) is 3.71. The lowest BCUT2D eigenvalue weighted by molar-refractivity contribution is 0.102. The highest BCUT2D eigenvalue weighted by molar-refractivity contribution is 6.30. The number of anilines is 2. The Kier molecular flexibility index (Phi) is 5.28. The zero-order chi connectivity index (χ0) is 21.2. The SMILES string of the molecule is O=C(Nc1cnc2c(-c3ccc(Cl)cc3)cnn2c1)c1ccccc1N1CCNCC1. The lowest BCUT2D eigenvalue weighted by Crippen LogP contribution is -2.44. The number of rotatable bonds is 4. The molecule has 0 bridgehead atoms. The molecule has 4 aromatic rings. The fourth-order valence-electron chi connectivity index (χ4n) is 3.82. The van der Waals surface area contributed by atoms with Crippen LogP contribution in [0.1, 0.15) is 10.4 Å². The van der Waals surface area contributed by atoms with Crippen LogP contribution in [0.25, 0.3) is 16.8 Å². The van der Waals surface area contributed by atoms with E-state index in [0.717, 1.165) is 43.0 Å². The molecule has 1 amide bonds. The number of hydrogen-bond acceptors (Lipinski definition) is 5. The number of carbonyl (C=O) groups is 1. The van der Waals surface area contributed by atoms with Gasteiger partial charge in [-0.3, -0.25) is 4.79 Å². The monoisotopic (exact) mass is 432 g/mol. The van der Waals surface area contributed by atoms with Crippen molar-refractivity contribution in [2.45, 2.75) is 0 Å². The van der Waals surface area contributed by atoms with E-state index in [-0.39, 0.29) is 5.91 Å². The van der Waals surface area contributed by atoms with E-state index >= 15 is 0 Å². The summed E-state index contributed by atoms with van der Waals surface area (Å²) >= 11 is 5.99. The van der Waals surface area contributed by atoms with Gasteiger partial charge in [0.15, 0.2) is 5.65 Å². The summed E-state index contributed by atoms with van der Waals surface area (Å²) in [5, 5.41) is 11.4. The van der Waals surface area contributed by atoms with E-state index in [9.17, 15) is 4.79 Å². The number of carbonyl (C=O) groups excluding carboxylic acids is 1. The van der Waals surface area contributed by atoms with E-state index < -0.39 is 0 Å². The highest BCUT2D eigenvalue weighted by Crippen LogP contribution is 2.26. The van der Waals surface area contributed by atoms with Crippen LogP contribution in [0.5, 0.6) is 0 Å². The van der Waals surface area contributed by atoms with Gasteiger partial charge >= 0.3 is 0 Å². The van der Waals surface area contributed by atoms with Crippen LogP contribution in [0.3, 0.4) is 0 Å². The molecule has 7 nitrogen and oxygen atoms in total. The highest BCUT2D eigenvalue weighted by Gasteiger charge is 2.18. The van der Waals surface area contributed by atoms with Gasteiger partial charge in [0.1, 0.15) is 0 Å². The molecule has 31 heavy (non-hydrogen) atoms. The van der Waals surface area contributed by atoms with E-state index in [4.69, 9.17) is 11.6 Å². The van der Waals surface area contributed by atoms with Crippen LogP contribution in [-0.2, 0) is 0 Å². The van der Waals surface area contributed by atoms with E-state index in [2.05, 4.69) is 25.6 Å². The first kappa shape index (κ1) is 19.5. The average Bonchev–Trinajstić information content (AvgIpc) is 3.23. The van der Waals surface area contributed by atoms with Gasteiger partial charge in [-0.15, -0.1) is 0 Å². The predicted molar refractivity (Wildman–Crippen MR) is 123 cm³/mol. The smallest absolute Gasteiger partial charge is 0.257 e. The van der Waals surface area contributed by atoms with Crippen LogP contribution < -0.4 is 15.5 Å². The summed E-state index contributed by atoms with van der Waals surface area (Å²) in [4.78, 5) is 19.8. The van der Waals surface area contributed by atoms with E-state index in [1.54, 1.807) is 23.1 Å². The molecule has 0 unspecified atom stereocenters. The molecular formula is C23H21ClN6O. The minimum absolute atomic E-state index is 0.166.